The summed E-state index contributed by atoms with van der Waals surface area (Å²) >= 11 is 6.37. The third kappa shape index (κ3) is 3.69. The van der Waals surface area contributed by atoms with Crippen LogP contribution in [0.2, 0.25) is 5.02 Å². The topological polar surface area (TPSA) is 49.0 Å². The van der Waals surface area contributed by atoms with Gasteiger partial charge in [-0.15, -0.1) is 0 Å². The van der Waals surface area contributed by atoms with Crippen LogP contribution in [-0.4, -0.2) is 26.4 Å². The molecular weight excluding hydrogens is 354 g/mol. The highest BCUT2D eigenvalue weighted by molar-refractivity contribution is 6.32. The van der Waals surface area contributed by atoms with Gasteiger partial charge in [0.1, 0.15) is 13.2 Å². The second kappa shape index (κ2) is 7.64. The maximum atomic E-state index is 6.37. The van der Waals surface area contributed by atoms with Crippen molar-refractivity contribution < 1.29 is 18.9 Å². The van der Waals surface area contributed by atoms with Crippen LogP contribution in [0, 0.1) is 0 Å². The number of hydrogen-bond donors (Lipinski definition) is 1. The van der Waals surface area contributed by atoms with E-state index in [2.05, 4.69) is 18.3 Å². The van der Waals surface area contributed by atoms with Gasteiger partial charge in [0.15, 0.2) is 23.0 Å². The monoisotopic (exact) mass is 375 g/mol. The number of halogens is 1. The standard InChI is InChI=1S/C20H22ClNO4/c1-13(15-3-4-17-18(11-15)25-8-7-24-17)22-12-14-9-16(21)20-19(10-14)23-5-2-6-26-20/h3-4,9-11,13,22H,2,5-8,12H2,1H3/t13-/m1/s1. The first kappa shape index (κ1) is 17.3. The maximum absolute atomic E-state index is 6.37. The van der Waals surface area contributed by atoms with E-state index in [1.807, 2.05) is 24.3 Å². The molecular formula is C20H22ClNO4. The van der Waals surface area contributed by atoms with E-state index in [-0.39, 0.29) is 6.04 Å². The van der Waals surface area contributed by atoms with Gasteiger partial charge in [0.05, 0.1) is 18.2 Å². The van der Waals surface area contributed by atoms with Crippen LogP contribution >= 0.6 is 11.6 Å². The van der Waals surface area contributed by atoms with Crippen LogP contribution in [0.1, 0.15) is 30.5 Å². The van der Waals surface area contributed by atoms with Gasteiger partial charge in [0.2, 0.25) is 0 Å². The van der Waals surface area contributed by atoms with Crippen molar-refractivity contribution in [3.8, 4) is 23.0 Å². The van der Waals surface area contributed by atoms with Gasteiger partial charge in [-0.1, -0.05) is 17.7 Å². The predicted octanol–water partition coefficient (Wildman–Crippen LogP) is 4.12. The quantitative estimate of drug-likeness (QED) is 0.871. The summed E-state index contributed by atoms with van der Waals surface area (Å²) < 4.78 is 22.7. The third-order valence-corrected chi connectivity index (χ3v) is 4.82. The fourth-order valence-corrected chi connectivity index (χ4v) is 3.39. The zero-order chi connectivity index (χ0) is 17.9. The van der Waals surface area contributed by atoms with Crippen LogP contribution < -0.4 is 24.3 Å². The van der Waals surface area contributed by atoms with E-state index < -0.39 is 0 Å². The Bertz CT molecular complexity index is 796. The highest BCUT2D eigenvalue weighted by Gasteiger charge is 2.17. The molecule has 0 amide bonds. The first-order valence-corrected chi connectivity index (χ1v) is 9.29. The fraction of sp³-hybridized carbons (Fsp3) is 0.400. The molecule has 2 aromatic rings. The molecule has 5 nitrogen and oxygen atoms in total. The molecule has 6 heteroatoms. The Labute approximate surface area is 158 Å². The molecule has 0 saturated heterocycles. The molecule has 0 radical (unpaired) electrons. The Morgan fingerprint density at radius 3 is 2.58 bits per heavy atom. The number of hydrogen-bond acceptors (Lipinski definition) is 5. The molecule has 2 heterocycles. The highest BCUT2D eigenvalue weighted by atomic mass is 35.5. The van der Waals surface area contributed by atoms with Gasteiger partial charge < -0.3 is 24.3 Å². The number of benzene rings is 2. The van der Waals surface area contributed by atoms with Crippen molar-refractivity contribution in [3.63, 3.8) is 0 Å². The Balaban J connectivity index is 1.45. The molecule has 0 fully saturated rings. The van der Waals surface area contributed by atoms with Crippen molar-refractivity contribution in [2.45, 2.75) is 25.9 Å². The SMILES string of the molecule is C[C@@H](NCc1cc(Cl)c2c(c1)OCCCO2)c1ccc2c(c1)OCCO2. The minimum absolute atomic E-state index is 0.153. The van der Waals surface area contributed by atoms with E-state index in [1.165, 1.54) is 0 Å². The van der Waals surface area contributed by atoms with Crippen LogP contribution in [0.25, 0.3) is 0 Å². The zero-order valence-electron chi connectivity index (χ0n) is 14.7. The van der Waals surface area contributed by atoms with Crippen LogP contribution in [-0.2, 0) is 6.54 Å². The lowest BCUT2D eigenvalue weighted by atomic mass is 10.1. The lowest BCUT2D eigenvalue weighted by Gasteiger charge is -2.21. The summed E-state index contributed by atoms with van der Waals surface area (Å²) in [5.41, 5.74) is 2.21. The minimum atomic E-state index is 0.153. The van der Waals surface area contributed by atoms with Gasteiger partial charge in [0.25, 0.3) is 0 Å². The molecule has 0 saturated carbocycles. The van der Waals surface area contributed by atoms with Gasteiger partial charge in [-0.3, -0.25) is 0 Å². The van der Waals surface area contributed by atoms with Crippen molar-refractivity contribution in [2.24, 2.45) is 0 Å². The zero-order valence-corrected chi connectivity index (χ0v) is 15.5. The van der Waals surface area contributed by atoms with E-state index in [0.717, 1.165) is 34.8 Å². The number of nitrogens with one attached hydrogen (secondary N) is 1. The van der Waals surface area contributed by atoms with Gasteiger partial charge in [-0.05, 0) is 42.3 Å². The molecule has 1 atom stereocenters. The van der Waals surface area contributed by atoms with Crippen LogP contribution in [0.15, 0.2) is 30.3 Å². The smallest absolute Gasteiger partial charge is 0.179 e. The molecule has 4 rings (SSSR count). The average Bonchev–Trinajstić information content (AvgIpc) is 2.91. The summed E-state index contributed by atoms with van der Waals surface area (Å²) in [7, 11) is 0. The Hall–Kier alpha value is -2.11. The summed E-state index contributed by atoms with van der Waals surface area (Å²) in [4.78, 5) is 0. The predicted molar refractivity (Wildman–Crippen MR) is 99.7 cm³/mol. The van der Waals surface area contributed by atoms with E-state index in [4.69, 9.17) is 30.5 Å². The summed E-state index contributed by atoms with van der Waals surface area (Å²) in [6.45, 7) is 5.26. The number of ether oxygens (including phenoxy) is 4. The Kier molecular flexibility index (Phi) is 5.09. The van der Waals surface area contributed by atoms with E-state index in [0.29, 0.717) is 43.7 Å². The molecule has 0 unspecified atom stereocenters. The molecule has 0 aromatic heterocycles. The molecule has 2 aliphatic heterocycles. The number of rotatable bonds is 4. The summed E-state index contributed by atoms with van der Waals surface area (Å²) in [6.07, 6.45) is 0.861. The number of fused-ring (bicyclic) bond motifs is 2. The molecule has 1 N–H and O–H groups in total. The first-order chi connectivity index (χ1) is 12.7. The summed E-state index contributed by atoms with van der Waals surface area (Å²) in [6, 6.07) is 10.1. The second-order valence-electron chi connectivity index (χ2n) is 6.46. The summed E-state index contributed by atoms with van der Waals surface area (Å²) in [5, 5.41) is 4.11. The molecule has 138 valence electrons. The van der Waals surface area contributed by atoms with Crippen molar-refractivity contribution in [3.05, 3.63) is 46.5 Å². The Morgan fingerprint density at radius 1 is 0.923 bits per heavy atom. The van der Waals surface area contributed by atoms with E-state index in [9.17, 15) is 0 Å². The average molecular weight is 376 g/mol. The first-order valence-electron chi connectivity index (χ1n) is 8.91. The largest absolute Gasteiger partial charge is 0.489 e. The van der Waals surface area contributed by atoms with E-state index in [1.54, 1.807) is 0 Å². The van der Waals surface area contributed by atoms with Crippen LogP contribution in [0.5, 0.6) is 23.0 Å². The second-order valence-corrected chi connectivity index (χ2v) is 6.87. The summed E-state index contributed by atoms with van der Waals surface area (Å²) in [5.74, 6) is 2.98. The minimum Gasteiger partial charge on any atom is -0.489 e. The van der Waals surface area contributed by atoms with Gasteiger partial charge in [0, 0.05) is 19.0 Å². The molecule has 0 aliphatic carbocycles. The van der Waals surface area contributed by atoms with Crippen molar-refractivity contribution in [1.29, 1.82) is 0 Å². The van der Waals surface area contributed by atoms with Gasteiger partial charge >= 0.3 is 0 Å². The molecule has 2 aliphatic rings. The lowest BCUT2D eigenvalue weighted by molar-refractivity contribution is 0.171. The van der Waals surface area contributed by atoms with E-state index >= 15 is 0 Å². The fourth-order valence-electron chi connectivity index (χ4n) is 3.10. The van der Waals surface area contributed by atoms with Crippen molar-refractivity contribution in [1.82, 2.24) is 5.32 Å². The Morgan fingerprint density at radius 2 is 1.69 bits per heavy atom. The maximum Gasteiger partial charge on any atom is 0.179 e. The highest BCUT2D eigenvalue weighted by Crippen LogP contribution is 2.38. The normalized spacial score (nSPS) is 16.7. The molecule has 26 heavy (non-hydrogen) atoms. The molecule has 0 spiro atoms. The van der Waals surface area contributed by atoms with Crippen LogP contribution in [0.3, 0.4) is 0 Å². The van der Waals surface area contributed by atoms with Crippen molar-refractivity contribution >= 4 is 11.6 Å². The lowest BCUT2D eigenvalue weighted by Crippen LogP contribution is -2.19. The van der Waals surface area contributed by atoms with Gasteiger partial charge in [-0.25, -0.2) is 0 Å². The van der Waals surface area contributed by atoms with Gasteiger partial charge in [-0.2, -0.15) is 0 Å². The third-order valence-electron chi connectivity index (χ3n) is 4.54. The molecule has 0 bridgehead atoms. The van der Waals surface area contributed by atoms with Crippen LogP contribution in [0.4, 0.5) is 0 Å². The molecule has 2 aromatic carbocycles. The van der Waals surface area contributed by atoms with Crippen molar-refractivity contribution in [2.75, 3.05) is 26.4 Å².